The van der Waals surface area contributed by atoms with Crippen molar-refractivity contribution in [1.82, 2.24) is 4.57 Å². The van der Waals surface area contributed by atoms with E-state index in [0.29, 0.717) is 34.5 Å². The van der Waals surface area contributed by atoms with Gasteiger partial charge in [0.1, 0.15) is 27.4 Å². The molecule has 6 nitrogen and oxygen atoms in total. The molecule has 8 heteroatoms. The monoisotopic (exact) mass is 487 g/mol. The number of aromatic nitrogens is 1. The number of benzene rings is 3. The Balaban J connectivity index is 1.80. The first-order valence-corrected chi connectivity index (χ1v) is 11.4. The maximum atomic E-state index is 14.2. The quantitative estimate of drug-likeness (QED) is 0.347. The van der Waals surface area contributed by atoms with Gasteiger partial charge >= 0.3 is 5.63 Å². The van der Waals surface area contributed by atoms with Gasteiger partial charge in [-0.1, -0.05) is 54.2 Å². The molecule has 2 heterocycles. The van der Waals surface area contributed by atoms with Crippen molar-refractivity contribution < 1.29 is 18.7 Å². The second kappa shape index (κ2) is 9.15. The summed E-state index contributed by atoms with van der Waals surface area (Å²) in [4.78, 5) is 26.4. The van der Waals surface area contributed by atoms with Crippen molar-refractivity contribution in [2.75, 3.05) is 7.11 Å². The van der Waals surface area contributed by atoms with E-state index in [2.05, 4.69) is 0 Å². The fraction of sp³-hybridized carbons (Fsp3) is 0.0370. The molecule has 0 aliphatic carbocycles. The van der Waals surface area contributed by atoms with Gasteiger partial charge in [-0.25, -0.2) is 9.18 Å². The van der Waals surface area contributed by atoms with E-state index in [0.717, 1.165) is 0 Å². The zero-order chi connectivity index (χ0) is 24.5. The van der Waals surface area contributed by atoms with Crippen molar-refractivity contribution >= 4 is 22.7 Å². The Labute approximate surface area is 202 Å². The van der Waals surface area contributed by atoms with E-state index in [1.807, 2.05) is 30.3 Å². The minimum atomic E-state index is -0.871. The van der Waals surface area contributed by atoms with Gasteiger partial charge in [-0.2, -0.15) is 0 Å². The summed E-state index contributed by atoms with van der Waals surface area (Å²) in [6, 6.07) is 23.4. The van der Waals surface area contributed by atoms with Crippen LogP contribution in [0.25, 0.3) is 27.9 Å². The summed E-state index contributed by atoms with van der Waals surface area (Å²) in [5.41, 5.74) is 0.149. The number of nitrogens with zero attached hydrogens (tertiary/aromatic N) is 1. The number of hydrogen-bond acceptors (Lipinski definition) is 6. The molecule has 0 saturated carbocycles. The summed E-state index contributed by atoms with van der Waals surface area (Å²) in [6.45, 7) is 0. The number of fused-ring (bicyclic) bond motifs is 1. The zero-order valence-corrected chi connectivity index (χ0v) is 19.2. The Bertz CT molecular complexity index is 1660. The molecule has 0 bridgehead atoms. The van der Waals surface area contributed by atoms with E-state index < -0.39 is 22.8 Å². The molecule has 0 unspecified atom stereocenters. The third-order valence-corrected chi connectivity index (χ3v) is 6.58. The number of pyridine rings is 1. The summed E-state index contributed by atoms with van der Waals surface area (Å²) < 4.78 is 26.3. The van der Waals surface area contributed by atoms with E-state index in [1.165, 1.54) is 28.8 Å². The molecule has 0 radical (unpaired) electrons. The van der Waals surface area contributed by atoms with E-state index in [4.69, 9.17) is 9.15 Å². The normalized spacial score (nSPS) is 11.0. The molecule has 3 aromatic carbocycles. The van der Waals surface area contributed by atoms with Gasteiger partial charge in [-0.3, -0.25) is 9.36 Å². The summed E-state index contributed by atoms with van der Waals surface area (Å²) in [6.07, 6.45) is 0. The standard InChI is InChI=1S/C27H18FNO5S/c1-33-18-13-11-17(12-14-18)29-20(16-7-3-2-4-8-16)15-21-23(26(29)31)24(30)25(27(32)34-21)35-22-10-6-5-9-19(22)28/h2-15,30H,1H3. The highest BCUT2D eigenvalue weighted by molar-refractivity contribution is 7.99. The van der Waals surface area contributed by atoms with Crippen LogP contribution in [0.5, 0.6) is 11.5 Å². The molecule has 35 heavy (non-hydrogen) atoms. The molecule has 0 fully saturated rings. The molecule has 0 saturated heterocycles. The highest BCUT2D eigenvalue weighted by atomic mass is 32.2. The molecule has 5 aromatic rings. The summed E-state index contributed by atoms with van der Waals surface area (Å²) >= 11 is 0.702. The average molecular weight is 488 g/mol. The molecule has 174 valence electrons. The zero-order valence-electron chi connectivity index (χ0n) is 18.4. The smallest absolute Gasteiger partial charge is 0.354 e. The Hall–Kier alpha value is -4.30. The van der Waals surface area contributed by atoms with Gasteiger partial charge < -0.3 is 14.3 Å². The fourth-order valence-electron chi connectivity index (χ4n) is 3.78. The maximum absolute atomic E-state index is 14.2. The van der Waals surface area contributed by atoms with Crippen LogP contribution in [0.3, 0.4) is 0 Å². The molecular weight excluding hydrogens is 469 g/mol. The van der Waals surface area contributed by atoms with Gasteiger partial charge in [0.15, 0.2) is 5.75 Å². The van der Waals surface area contributed by atoms with Crippen LogP contribution in [-0.2, 0) is 0 Å². The van der Waals surface area contributed by atoms with Crippen LogP contribution in [0.15, 0.2) is 109 Å². The molecule has 2 aromatic heterocycles. The van der Waals surface area contributed by atoms with E-state index >= 15 is 0 Å². The summed E-state index contributed by atoms with van der Waals surface area (Å²) in [5.74, 6) is -0.510. The van der Waals surface area contributed by atoms with Crippen LogP contribution < -0.4 is 15.9 Å². The third kappa shape index (κ3) is 4.08. The lowest BCUT2D eigenvalue weighted by Gasteiger charge is -2.16. The molecule has 0 atom stereocenters. The van der Waals surface area contributed by atoms with Crippen LogP contribution in [0.4, 0.5) is 4.39 Å². The lowest BCUT2D eigenvalue weighted by atomic mass is 10.1. The van der Waals surface area contributed by atoms with Gasteiger partial charge in [0.25, 0.3) is 5.56 Å². The highest BCUT2D eigenvalue weighted by Gasteiger charge is 2.23. The SMILES string of the molecule is COc1ccc(-n2c(-c3ccccc3)cc3oc(=O)c(Sc4ccccc4F)c(O)c3c2=O)cc1. The van der Waals surface area contributed by atoms with Gasteiger partial charge in [-0.05, 0) is 42.0 Å². The lowest BCUT2D eigenvalue weighted by Crippen LogP contribution is -2.21. The number of halogens is 1. The van der Waals surface area contributed by atoms with Crippen LogP contribution >= 0.6 is 11.8 Å². The van der Waals surface area contributed by atoms with Crippen molar-refractivity contribution in [2.45, 2.75) is 9.79 Å². The van der Waals surface area contributed by atoms with E-state index in [1.54, 1.807) is 37.4 Å². The minimum absolute atomic E-state index is 0.0704. The van der Waals surface area contributed by atoms with Crippen LogP contribution in [0.1, 0.15) is 0 Å². The van der Waals surface area contributed by atoms with Gasteiger partial charge in [-0.15, -0.1) is 0 Å². The number of methoxy groups -OCH3 is 1. The Morgan fingerprint density at radius 1 is 0.943 bits per heavy atom. The first-order valence-electron chi connectivity index (χ1n) is 10.6. The largest absolute Gasteiger partial charge is 0.505 e. The Kier molecular flexibility index (Phi) is 5.88. The second-order valence-electron chi connectivity index (χ2n) is 7.57. The second-order valence-corrected chi connectivity index (χ2v) is 8.63. The van der Waals surface area contributed by atoms with Crippen molar-refractivity contribution in [2.24, 2.45) is 0 Å². The van der Waals surface area contributed by atoms with Crippen LogP contribution in [0, 0.1) is 5.82 Å². The number of aromatic hydroxyl groups is 1. The van der Waals surface area contributed by atoms with Crippen molar-refractivity contribution in [3.63, 3.8) is 0 Å². The number of ether oxygens (including phenoxy) is 1. The third-order valence-electron chi connectivity index (χ3n) is 5.46. The fourth-order valence-corrected chi connectivity index (χ4v) is 4.63. The van der Waals surface area contributed by atoms with Gasteiger partial charge in [0.05, 0.1) is 12.8 Å². The maximum Gasteiger partial charge on any atom is 0.354 e. The predicted octanol–water partition coefficient (Wildman–Crippen LogP) is 5.62. The van der Waals surface area contributed by atoms with E-state index in [9.17, 15) is 19.1 Å². The topological polar surface area (TPSA) is 81.7 Å². The van der Waals surface area contributed by atoms with Gasteiger partial charge in [0, 0.05) is 16.6 Å². The van der Waals surface area contributed by atoms with E-state index in [-0.39, 0.29) is 20.8 Å². The summed E-state index contributed by atoms with van der Waals surface area (Å²) in [5, 5.41) is 10.9. The Morgan fingerprint density at radius 3 is 2.31 bits per heavy atom. The highest BCUT2D eigenvalue weighted by Crippen LogP contribution is 2.37. The van der Waals surface area contributed by atoms with Crippen LogP contribution in [-0.4, -0.2) is 16.8 Å². The molecule has 0 amide bonds. The van der Waals surface area contributed by atoms with Crippen molar-refractivity contribution in [1.29, 1.82) is 0 Å². The van der Waals surface area contributed by atoms with Gasteiger partial charge in [0.2, 0.25) is 0 Å². The molecule has 5 rings (SSSR count). The molecule has 0 aliphatic heterocycles. The first-order chi connectivity index (χ1) is 17.0. The summed E-state index contributed by atoms with van der Waals surface area (Å²) in [7, 11) is 1.54. The van der Waals surface area contributed by atoms with Crippen LogP contribution in [0.2, 0.25) is 0 Å². The molecule has 0 aliphatic rings. The number of hydrogen-bond donors (Lipinski definition) is 1. The average Bonchev–Trinajstić information content (AvgIpc) is 2.88. The molecule has 1 N–H and O–H groups in total. The predicted molar refractivity (Wildman–Crippen MR) is 132 cm³/mol. The first kappa shape index (κ1) is 22.5. The van der Waals surface area contributed by atoms with Crippen molar-refractivity contribution in [3.05, 3.63) is 112 Å². The Morgan fingerprint density at radius 2 is 1.63 bits per heavy atom. The molecular formula is C27H18FNO5S. The number of rotatable bonds is 5. The lowest BCUT2D eigenvalue weighted by molar-refractivity contribution is 0.414. The minimum Gasteiger partial charge on any atom is -0.505 e. The molecule has 0 spiro atoms. The van der Waals surface area contributed by atoms with Crippen molar-refractivity contribution in [3.8, 4) is 28.4 Å².